The van der Waals surface area contributed by atoms with Crippen molar-refractivity contribution in [2.24, 2.45) is 11.8 Å². The molecule has 0 aromatic heterocycles. The Kier molecular flexibility index (Phi) is 5.30. The lowest BCUT2D eigenvalue weighted by atomic mass is 9.76. The van der Waals surface area contributed by atoms with Gasteiger partial charge in [-0.25, -0.2) is 0 Å². The van der Waals surface area contributed by atoms with Crippen molar-refractivity contribution in [3.05, 3.63) is 12.7 Å². The Morgan fingerprint density at radius 2 is 2.06 bits per heavy atom. The van der Waals surface area contributed by atoms with Crippen LogP contribution in [0.4, 0.5) is 0 Å². The summed E-state index contributed by atoms with van der Waals surface area (Å²) in [5.41, 5.74) is 0. The Morgan fingerprint density at radius 3 is 2.56 bits per heavy atom. The number of hydrogen-bond acceptors (Lipinski definition) is 5. The minimum atomic E-state index is -1.08. The largest absolute Gasteiger partial charge is 0.481 e. The van der Waals surface area contributed by atoms with E-state index in [-0.39, 0.29) is 19.4 Å². The number of ether oxygens (including phenoxy) is 2. The van der Waals surface area contributed by atoms with Gasteiger partial charge in [-0.1, -0.05) is 6.08 Å². The summed E-state index contributed by atoms with van der Waals surface area (Å²) in [6.07, 6.45) is 0.180. The maximum Gasteiger partial charge on any atom is 0.309 e. The zero-order valence-corrected chi connectivity index (χ0v) is 10.2. The molecule has 0 amide bonds. The van der Waals surface area contributed by atoms with Gasteiger partial charge in [-0.2, -0.15) is 0 Å². The summed E-state index contributed by atoms with van der Waals surface area (Å²) in [7, 11) is 1.20. The Morgan fingerprint density at radius 1 is 1.39 bits per heavy atom. The van der Waals surface area contributed by atoms with Gasteiger partial charge in [-0.3, -0.25) is 9.59 Å². The highest BCUT2D eigenvalue weighted by Crippen LogP contribution is 2.33. The molecule has 0 saturated heterocycles. The van der Waals surface area contributed by atoms with Gasteiger partial charge in [0.25, 0.3) is 0 Å². The fourth-order valence-electron chi connectivity index (χ4n) is 2.20. The summed E-state index contributed by atoms with van der Waals surface area (Å²) < 4.78 is 9.87. The van der Waals surface area contributed by atoms with Crippen molar-refractivity contribution >= 4 is 11.9 Å². The average Bonchev–Trinajstić information content (AvgIpc) is 2.35. The highest BCUT2D eigenvalue weighted by molar-refractivity contribution is 5.81. The van der Waals surface area contributed by atoms with Crippen molar-refractivity contribution in [2.45, 2.75) is 25.0 Å². The first kappa shape index (κ1) is 14.7. The molecule has 6 nitrogen and oxygen atoms in total. The Bertz CT molecular complexity index is 327. The first-order chi connectivity index (χ1) is 8.51. The molecule has 2 N–H and O–H groups in total. The third-order valence-corrected chi connectivity index (χ3v) is 3.15. The van der Waals surface area contributed by atoms with Crippen LogP contribution in [-0.2, 0) is 19.1 Å². The van der Waals surface area contributed by atoms with Crippen LogP contribution in [0.15, 0.2) is 12.7 Å². The maximum absolute atomic E-state index is 11.5. The van der Waals surface area contributed by atoms with E-state index in [1.165, 1.54) is 13.2 Å². The summed E-state index contributed by atoms with van der Waals surface area (Å²) in [6.45, 7) is 3.72. The molecule has 1 fully saturated rings. The molecule has 102 valence electrons. The van der Waals surface area contributed by atoms with Crippen LogP contribution in [0.5, 0.6) is 0 Å². The van der Waals surface area contributed by atoms with E-state index < -0.39 is 36.0 Å². The molecule has 0 heterocycles. The van der Waals surface area contributed by atoms with Crippen molar-refractivity contribution in [3.8, 4) is 0 Å². The van der Waals surface area contributed by atoms with Crippen molar-refractivity contribution < 1.29 is 29.3 Å². The number of hydrogen-bond donors (Lipinski definition) is 2. The van der Waals surface area contributed by atoms with E-state index in [1.807, 2.05) is 0 Å². The van der Waals surface area contributed by atoms with Gasteiger partial charge in [-0.15, -0.1) is 6.58 Å². The number of carboxylic acid groups (broad SMARTS) is 1. The van der Waals surface area contributed by atoms with Gasteiger partial charge in [0.2, 0.25) is 0 Å². The van der Waals surface area contributed by atoms with Gasteiger partial charge >= 0.3 is 11.9 Å². The molecule has 0 bridgehead atoms. The van der Waals surface area contributed by atoms with Crippen LogP contribution in [0.2, 0.25) is 0 Å². The van der Waals surface area contributed by atoms with Crippen molar-refractivity contribution in [1.82, 2.24) is 0 Å². The van der Waals surface area contributed by atoms with Crippen molar-refractivity contribution in [1.29, 1.82) is 0 Å². The van der Waals surface area contributed by atoms with Gasteiger partial charge in [0.1, 0.15) is 0 Å². The molecule has 0 unspecified atom stereocenters. The van der Waals surface area contributed by atoms with E-state index in [4.69, 9.17) is 9.84 Å². The minimum Gasteiger partial charge on any atom is -0.481 e. The molecule has 1 rings (SSSR count). The number of aliphatic carboxylic acids is 1. The smallest absolute Gasteiger partial charge is 0.309 e. The number of rotatable bonds is 5. The predicted octanol–water partition coefficient (Wildman–Crippen LogP) is 0.202. The quantitative estimate of drug-likeness (QED) is 0.540. The second-order valence-corrected chi connectivity index (χ2v) is 4.27. The molecule has 0 spiro atoms. The van der Waals surface area contributed by atoms with Gasteiger partial charge < -0.3 is 19.7 Å². The minimum absolute atomic E-state index is 0.0332. The normalized spacial score (nSPS) is 31.7. The lowest BCUT2D eigenvalue weighted by Crippen LogP contribution is -2.46. The summed E-state index contributed by atoms with van der Waals surface area (Å²) in [5, 5.41) is 19.0. The van der Waals surface area contributed by atoms with E-state index in [0.29, 0.717) is 0 Å². The van der Waals surface area contributed by atoms with Crippen molar-refractivity contribution in [2.75, 3.05) is 13.7 Å². The standard InChI is InChI=1S/C12H18O6/c1-3-4-18-10-6-7(11(14)15)8(5-9(10)13)12(16)17-2/h3,7-10,13H,1,4-6H2,2H3,(H,14,15)/t7-,8-,9-,10+/m0/s1. The van der Waals surface area contributed by atoms with Gasteiger partial charge in [0.05, 0.1) is 37.8 Å². The molecular weight excluding hydrogens is 240 g/mol. The maximum atomic E-state index is 11.5. The zero-order valence-electron chi connectivity index (χ0n) is 10.2. The topological polar surface area (TPSA) is 93.1 Å². The third kappa shape index (κ3) is 3.30. The number of carboxylic acids is 1. The fraction of sp³-hybridized carbons (Fsp3) is 0.667. The van der Waals surface area contributed by atoms with Gasteiger partial charge in [0.15, 0.2) is 0 Å². The molecule has 0 aromatic carbocycles. The predicted molar refractivity (Wildman–Crippen MR) is 61.8 cm³/mol. The second kappa shape index (κ2) is 6.51. The second-order valence-electron chi connectivity index (χ2n) is 4.27. The molecule has 6 heteroatoms. The zero-order chi connectivity index (χ0) is 13.7. The Hall–Kier alpha value is -1.40. The Labute approximate surface area is 105 Å². The summed E-state index contributed by atoms with van der Waals surface area (Å²) in [5.74, 6) is -3.41. The van der Waals surface area contributed by atoms with E-state index in [0.717, 1.165) is 0 Å². The van der Waals surface area contributed by atoms with Crippen LogP contribution in [0.3, 0.4) is 0 Å². The SMILES string of the molecule is C=CCO[C@@H]1C[C@H](C(=O)O)[C@@H](C(=O)OC)C[C@@H]1O. The van der Waals surface area contributed by atoms with Crippen LogP contribution >= 0.6 is 0 Å². The monoisotopic (exact) mass is 258 g/mol. The molecule has 0 aliphatic heterocycles. The lowest BCUT2D eigenvalue weighted by molar-refractivity contribution is -0.166. The van der Waals surface area contributed by atoms with Crippen LogP contribution < -0.4 is 0 Å². The highest BCUT2D eigenvalue weighted by atomic mass is 16.5. The molecule has 1 saturated carbocycles. The van der Waals surface area contributed by atoms with Gasteiger partial charge in [-0.05, 0) is 12.8 Å². The van der Waals surface area contributed by atoms with Crippen LogP contribution in [0.25, 0.3) is 0 Å². The molecule has 4 atom stereocenters. The average molecular weight is 258 g/mol. The number of aliphatic hydroxyl groups excluding tert-OH is 1. The molecule has 0 radical (unpaired) electrons. The third-order valence-electron chi connectivity index (χ3n) is 3.15. The fourth-order valence-corrected chi connectivity index (χ4v) is 2.20. The van der Waals surface area contributed by atoms with Crippen molar-refractivity contribution in [3.63, 3.8) is 0 Å². The number of carbonyl (C=O) groups is 2. The first-order valence-electron chi connectivity index (χ1n) is 5.72. The number of aliphatic hydroxyl groups is 1. The van der Waals surface area contributed by atoms with E-state index >= 15 is 0 Å². The number of carbonyl (C=O) groups excluding carboxylic acids is 1. The van der Waals surface area contributed by atoms with E-state index in [1.54, 1.807) is 0 Å². The lowest BCUT2D eigenvalue weighted by Gasteiger charge is -2.35. The van der Waals surface area contributed by atoms with Gasteiger partial charge in [0, 0.05) is 0 Å². The number of esters is 1. The molecule has 18 heavy (non-hydrogen) atoms. The highest BCUT2D eigenvalue weighted by Gasteiger charge is 2.44. The summed E-state index contributed by atoms with van der Waals surface area (Å²) in [6, 6.07) is 0. The molecular formula is C12H18O6. The number of methoxy groups -OCH3 is 1. The van der Waals surface area contributed by atoms with E-state index in [2.05, 4.69) is 11.3 Å². The van der Waals surface area contributed by atoms with E-state index in [9.17, 15) is 14.7 Å². The first-order valence-corrected chi connectivity index (χ1v) is 5.72. The molecule has 0 aromatic rings. The summed E-state index contributed by atoms with van der Waals surface area (Å²) >= 11 is 0. The Balaban J connectivity index is 2.77. The van der Waals surface area contributed by atoms with Crippen LogP contribution in [0, 0.1) is 11.8 Å². The molecule has 1 aliphatic rings. The van der Waals surface area contributed by atoms with Crippen LogP contribution in [0.1, 0.15) is 12.8 Å². The molecule has 1 aliphatic carbocycles. The summed E-state index contributed by atoms with van der Waals surface area (Å²) in [4.78, 5) is 22.6. The van der Waals surface area contributed by atoms with Crippen LogP contribution in [-0.4, -0.2) is 48.1 Å².